The smallest absolute Gasteiger partial charge is 0.334 e. The Hall–Kier alpha value is -4.72. The number of carbonyl (C=O) groups is 3. The number of rotatable bonds is 10. The van der Waals surface area contributed by atoms with Crippen molar-refractivity contribution in [2.75, 3.05) is 32.8 Å². The molecule has 2 saturated heterocycles. The first-order chi connectivity index (χ1) is 21.3. The summed E-state index contributed by atoms with van der Waals surface area (Å²) in [7, 11) is 0. The molecular formula is C34H36FN5O4. The maximum atomic E-state index is 14.0. The third kappa shape index (κ3) is 7.25. The van der Waals surface area contributed by atoms with Crippen LogP contribution in [-0.4, -0.2) is 82.7 Å². The molecular weight excluding hydrogens is 561 g/mol. The molecule has 0 saturated carbocycles. The van der Waals surface area contributed by atoms with E-state index in [9.17, 15) is 18.8 Å². The lowest BCUT2D eigenvalue weighted by molar-refractivity contribution is -0.189. The second kappa shape index (κ2) is 14.2. The van der Waals surface area contributed by atoms with E-state index in [2.05, 4.69) is 11.2 Å². The fourth-order valence-electron chi connectivity index (χ4n) is 5.59. The van der Waals surface area contributed by atoms with Crippen LogP contribution in [0.4, 0.5) is 9.18 Å². The lowest BCUT2D eigenvalue weighted by Gasteiger charge is -2.54. The number of hydrazine groups is 1. The molecule has 0 aliphatic carbocycles. The van der Waals surface area contributed by atoms with Gasteiger partial charge in [-0.3, -0.25) is 9.59 Å². The number of hydrogen-bond acceptors (Lipinski definition) is 5. The summed E-state index contributed by atoms with van der Waals surface area (Å²) < 4.78 is 19.1. The summed E-state index contributed by atoms with van der Waals surface area (Å²) in [6.07, 6.45) is 5.17. The van der Waals surface area contributed by atoms with Gasteiger partial charge in [-0.05, 0) is 35.7 Å². The molecule has 2 fully saturated rings. The van der Waals surface area contributed by atoms with Crippen LogP contribution in [0.15, 0.2) is 78.9 Å². The predicted molar refractivity (Wildman–Crippen MR) is 163 cm³/mol. The van der Waals surface area contributed by atoms with Crippen LogP contribution >= 0.6 is 0 Å². The van der Waals surface area contributed by atoms with Crippen LogP contribution in [0, 0.1) is 25.1 Å². The van der Waals surface area contributed by atoms with Crippen molar-refractivity contribution in [1.82, 2.24) is 25.1 Å². The van der Waals surface area contributed by atoms with Crippen molar-refractivity contribution in [2.24, 2.45) is 0 Å². The Morgan fingerprint density at radius 2 is 1.70 bits per heavy atom. The largest absolute Gasteiger partial charge is 0.375 e. The van der Waals surface area contributed by atoms with Crippen molar-refractivity contribution in [3.63, 3.8) is 0 Å². The number of urea groups is 1. The summed E-state index contributed by atoms with van der Waals surface area (Å²) in [5.74, 6) is 1.75. The molecule has 0 spiro atoms. The van der Waals surface area contributed by atoms with E-state index in [-0.39, 0.29) is 63.6 Å². The van der Waals surface area contributed by atoms with E-state index in [1.54, 1.807) is 26.9 Å². The van der Waals surface area contributed by atoms with E-state index in [0.29, 0.717) is 6.42 Å². The molecule has 5 rings (SSSR count). The van der Waals surface area contributed by atoms with Crippen LogP contribution in [0.5, 0.6) is 0 Å². The van der Waals surface area contributed by atoms with Crippen LogP contribution < -0.4 is 5.32 Å². The minimum atomic E-state index is -0.821. The van der Waals surface area contributed by atoms with Crippen LogP contribution in [0.3, 0.4) is 0 Å². The second-order valence-corrected chi connectivity index (χ2v) is 11.0. The summed E-state index contributed by atoms with van der Waals surface area (Å²) >= 11 is 0. The van der Waals surface area contributed by atoms with Crippen molar-refractivity contribution >= 4 is 17.8 Å². The van der Waals surface area contributed by atoms with Crippen LogP contribution in [0.2, 0.25) is 0 Å². The van der Waals surface area contributed by atoms with E-state index in [1.807, 2.05) is 61.5 Å². The number of fused-ring (bicyclic) bond motifs is 1. The van der Waals surface area contributed by atoms with Crippen LogP contribution in [-0.2, 0) is 33.9 Å². The Morgan fingerprint density at radius 1 is 1.00 bits per heavy atom. The Morgan fingerprint density at radius 3 is 2.41 bits per heavy atom. The van der Waals surface area contributed by atoms with Crippen molar-refractivity contribution in [3.8, 4) is 12.3 Å². The summed E-state index contributed by atoms with van der Waals surface area (Å²) in [5, 5.41) is 6.01. The molecule has 0 aromatic heterocycles. The third-order valence-electron chi connectivity index (χ3n) is 7.84. The van der Waals surface area contributed by atoms with Gasteiger partial charge in [-0.1, -0.05) is 78.2 Å². The molecule has 9 nitrogen and oxygen atoms in total. The topological polar surface area (TPSA) is 85.4 Å². The van der Waals surface area contributed by atoms with Gasteiger partial charge in [-0.15, -0.1) is 6.42 Å². The fraction of sp³-hybridized carbons (Fsp3) is 0.324. The Bertz CT molecular complexity index is 1490. The highest BCUT2D eigenvalue weighted by atomic mass is 19.1. The molecule has 228 valence electrons. The second-order valence-electron chi connectivity index (χ2n) is 11.0. The molecule has 1 N–H and O–H groups in total. The first-order valence-electron chi connectivity index (χ1n) is 14.6. The highest BCUT2D eigenvalue weighted by Gasteiger charge is 2.51. The van der Waals surface area contributed by atoms with Gasteiger partial charge in [0.2, 0.25) is 11.8 Å². The van der Waals surface area contributed by atoms with Gasteiger partial charge >= 0.3 is 6.03 Å². The van der Waals surface area contributed by atoms with Crippen LogP contribution in [0.1, 0.15) is 22.3 Å². The van der Waals surface area contributed by atoms with Gasteiger partial charge in [0.05, 0.1) is 32.8 Å². The zero-order valence-corrected chi connectivity index (χ0v) is 24.7. The molecule has 0 unspecified atom stereocenters. The highest BCUT2D eigenvalue weighted by molar-refractivity contribution is 5.91. The lowest BCUT2D eigenvalue weighted by atomic mass is 9.98. The van der Waals surface area contributed by atoms with Crippen molar-refractivity contribution in [2.45, 2.75) is 38.7 Å². The number of ether oxygens (including phenoxy) is 1. The number of piperazine rings is 1. The highest BCUT2D eigenvalue weighted by Crippen LogP contribution is 2.28. The van der Waals surface area contributed by atoms with Crippen molar-refractivity contribution in [3.05, 3.63) is 107 Å². The molecule has 3 aromatic rings. The number of halogens is 1. The van der Waals surface area contributed by atoms with E-state index < -0.39 is 18.2 Å². The molecule has 10 heteroatoms. The summed E-state index contributed by atoms with van der Waals surface area (Å²) in [6, 6.07) is 22.2. The first kappa shape index (κ1) is 30.7. The SMILES string of the molecule is C#CCN1CC(=O)N2[C@@H](Cc3ccc(C)cc3)C(=O)N(CCOCc3ccc(F)cc3)C[C@@H]2N1C(=O)NCc1ccccc1. The molecule has 4 amide bonds. The minimum Gasteiger partial charge on any atom is -0.375 e. The number of benzene rings is 3. The molecule has 2 aliphatic rings. The number of hydrogen-bond donors (Lipinski definition) is 1. The summed E-state index contributed by atoms with van der Waals surface area (Å²) in [6.45, 7) is 3.01. The van der Waals surface area contributed by atoms with Gasteiger partial charge < -0.3 is 19.9 Å². The summed E-state index contributed by atoms with van der Waals surface area (Å²) in [4.78, 5) is 44.6. The van der Waals surface area contributed by atoms with Gasteiger partial charge in [-0.2, -0.15) is 5.01 Å². The van der Waals surface area contributed by atoms with E-state index in [0.717, 1.165) is 22.3 Å². The van der Waals surface area contributed by atoms with E-state index >= 15 is 0 Å². The van der Waals surface area contributed by atoms with E-state index in [1.165, 1.54) is 17.1 Å². The quantitative estimate of drug-likeness (QED) is 0.286. The molecule has 2 heterocycles. The molecule has 3 aromatic carbocycles. The normalized spacial score (nSPS) is 18.6. The van der Waals surface area contributed by atoms with Crippen LogP contribution in [0.25, 0.3) is 0 Å². The van der Waals surface area contributed by atoms with Gasteiger partial charge in [0.15, 0.2) is 0 Å². The van der Waals surface area contributed by atoms with Gasteiger partial charge in [0.25, 0.3) is 0 Å². The maximum absolute atomic E-state index is 14.0. The van der Waals surface area contributed by atoms with E-state index in [4.69, 9.17) is 11.2 Å². The average Bonchev–Trinajstić information content (AvgIpc) is 3.02. The third-order valence-corrected chi connectivity index (χ3v) is 7.84. The standard InChI is InChI=1S/C34H36FN5O4/c1-3-17-38-23-32(41)39-30(20-26-11-9-25(2)10-12-26)33(42)37(18-19-44-24-28-13-15-29(35)16-14-28)22-31(39)40(38)34(43)36-21-27-7-5-4-6-8-27/h1,4-16,30-31H,17-24H2,2H3,(H,36,43)/t30-,31-/m0/s1. The fourth-order valence-corrected chi connectivity index (χ4v) is 5.59. The Labute approximate surface area is 257 Å². The van der Waals surface area contributed by atoms with Crippen molar-refractivity contribution in [1.29, 1.82) is 0 Å². The number of aryl methyl sites for hydroxylation is 1. The predicted octanol–water partition coefficient (Wildman–Crippen LogP) is 3.33. The number of nitrogens with one attached hydrogen (secondary N) is 1. The van der Waals surface area contributed by atoms with Gasteiger partial charge in [-0.25, -0.2) is 14.2 Å². The number of nitrogens with zero attached hydrogens (tertiary/aromatic N) is 4. The van der Waals surface area contributed by atoms with Gasteiger partial charge in [0.1, 0.15) is 18.0 Å². The number of carbonyl (C=O) groups excluding carboxylic acids is 3. The first-order valence-corrected chi connectivity index (χ1v) is 14.6. The zero-order valence-electron chi connectivity index (χ0n) is 24.7. The molecule has 0 bridgehead atoms. The summed E-state index contributed by atoms with van der Waals surface area (Å²) in [5.41, 5.74) is 3.72. The molecule has 44 heavy (non-hydrogen) atoms. The molecule has 2 aliphatic heterocycles. The Balaban J connectivity index is 1.39. The van der Waals surface area contributed by atoms with Crippen molar-refractivity contribution < 1.29 is 23.5 Å². The maximum Gasteiger partial charge on any atom is 0.334 e. The molecule has 2 atom stereocenters. The zero-order chi connectivity index (χ0) is 31.1. The lowest BCUT2D eigenvalue weighted by Crippen LogP contribution is -2.76. The number of terminal acetylenes is 1. The monoisotopic (exact) mass is 597 g/mol. The average molecular weight is 598 g/mol. The molecule has 0 radical (unpaired) electrons. The van der Waals surface area contributed by atoms with Gasteiger partial charge in [0, 0.05) is 19.5 Å². The minimum absolute atomic E-state index is 0.0478. The number of amides is 4. The Kier molecular flexibility index (Phi) is 9.89.